The zero-order chi connectivity index (χ0) is 16.8. The van der Waals surface area contributed by atoms with Gasteiger partial charge in [-0.3, -0.25) is 9.79 Å². The van der Waals surface area contributed by atoms with E-state index in [0.717, 1.165) is 19.3 Å². The van der Waals surface area contributed by atoms with Crippen molar-refractivity contribution in [2.45, 2.75) is 83.1 Å². The Balaban J connectivity index is 3.88. The number of carbonyl (C=O) groups is 1. The van der Waals surface area contributed by atoms with E-state index >= 15 is 0 Å². The highest BCUT2D eigenvalue weighted by atomic mass is 16.4. The Kier molecular flexibility index (Phi) is 11.5. The Bertz CT molecular complexity index is 330. The van der Waals surface area contributed by atoms with Gasteiger partial charge in [0.05, 0.1) is 0 Å². The maximum atomic E-state index is 11.4. The van der Waals surface area contributed by atoms with Gasteiger partial charge in [0.25, 0.3) is 0 Å². The summed E-state index contributed by atoms with van der Waals surface area (Å²) in [5, 5.41) is 9.33. The van der Waals surface area contributed by atoms with E-state index in [1.165, 1.54) is 32.1 Å². The molecular formula is C16H34N4O2. The van der Waals surface area contributed by atoms with E-state index < -0.39 is 11.5 Å². The molecule has 0 fully saturated rings. The second-order valence-electron chi connectivity index (χ2n) is 6.10. The molecule has 0 aromatic rings. The number of nitrogens with two attached hydrogens (primary N) is 3. The quantitative estimate of drug-likeness (QED) is 0.222. The third kappa shape index (κ3) is 10.4. The molecule has 0 saturated carbocycles. The fourth-order valence-corrected chi connectivity index (χ4v) is 2.52. The van der Waals surface area contributed by atoms with Crippen LogP contribution < -0.4 is 17.2 Å². The summed E-state index contributed by atoms with van der Waals surface area (Å²) < 4.78 is 0. The highest BCUT2D eigenvalue weighted by molar-refractivity contribution is 5.78. The summed E-state index contributed by atoms with van der Waals surface area (Å²) in [5.74, 6) is -0.902. The number of carboxylic acid groups (broad SMARTS) is 1. The van der Waals surface area contributed by atoms with Gasteiger partial charge >= 0.3 is 5.97 Å². The number of hydrogen-bond acceptors (Lipinski definition) is 3. The molecule has 22 heavy (non-hydrogen) atoms. The first-order valence-corrected chi connectivity index (χ1v) is 8.50. The molecule has 0 rings (SSSR count). The zero-order valence-electron chi connectivity index (χ0n) is 14.0. The molecule has 0 aliphatic heterocycles. The van der Waals surface area contributed by atoms with Crippen molar-refractivity contribution in [1.29, 1.82) is 0 Å². The molecule has 130 valence electrons. The SMILES string of the molecule is CCCCCCCCCCC(N)(CCCN=C(N)N)C(=O)O. The predicted octanol–water partition coefficient (Wildman–Crippen LogP) is 2.35. The minimum atomic E-state index is -1.15. The largest absolute Gasteiger partial charge is 0.480 e. The topological polar surface area (TPSA) is 128 Å². The Hall–Kier alpha value is -1.30. The first-order chi connectivity index (χ1) is 10.4. The summed E-state index contributed by atoms with van der Waals surface area (Å²) in [4.78, 5) is 15.2. The maximum absolute atomic E-state index is 11.4. The van der Waals surface area contributed by atoms with Gasteiger partial charge in [0.1, 0.15) is 5.54 Å². The van der Waals surface area contributed by atoms with Gasteiger partial charge in [0, 0.05) is 6.54 Å². The number of hydrogen-bond donors (Lipinski definition) is 4. The van der Waals surface area contributed by atoms with Crippen LogP contribution in [-0.4, -0.2) is 29.1 Å². The van der Waals surface area contributed by atoms with Crippen LogP contribution >= 0.6 is 0 Å². The monoisotopic (exact) mass is 314 g/mol. The summed E-state index contributed by atoms with van der Waals surface area (Å²) in [6.45, 7) is 2.63. The smallest absolute Gasteiger partial charge is 0.323 e. The Labute approximate surface area is 134 Å². The highest BCUT2D eigenvalue weighted by Gasteiger charge is 2.32. The Morgan fingerprint density at radius 1 is 0.955 bits per heavy atom. The maximum Gasteiger partial charge on any atom is 0.323 e. The fraction of sp³-hybridized carbons (Fsp3) is 0.875. The van der Waals surface area contributed by atoms with E-state index in [-0.39, 0.29) is 5.96 Å². The molecule has 0 spiro atoms. The molecule has 0 radical (unpaired) electrons. The molecule has 0 aliphatic rings. The predicted molar refractivity (Wildman–Crippen MR) is 91.7 cm³/mol. The van der Waals surface area contributed by atoms with Crippen molar-refractivity contribution in [3.8, 4) is 0 Å². The van der Waals surface area contributed by atoms with Gasteiger partial charge in [0.15, 0.2) is 5.96 Å². The third-order valence-corrected chi connectivity index (χ3v) is 3.98. The number of nitrogens with zero attached hydrogens (tertiary/aromatic N) is 1. The van der Waals surface area contributed by atoms with E-state index in [2.05, 4.69) is 11.9 Å². The molecule has 1 atom stereocenters. The molecule has 0 heterocycles. The Morgan fingerprint density at radius 2 is 1.45 bits per heavy atom. The first-order valence-electron chi connectivity index (χ1n) is 8.50. The average molecular weight is 314 g/mol. The van der Waals surface area contributed by atoms with E-state index in [4.69, 9.17) is 17.2 Å². The van der Waals surface area contributed by atoms with Crippen molar-refractivity contribution in [2.24, 2.45) is 22.2 Å². The van der Waals surface area contributed by atoms with E-state index in [0.29, 0.717) is 25.8 Å². The van der Waals surface area contributed by atoms with Crippen molar-refractivity contribution >= 4 is 11.9 Å². The summed E-state index contributed by atoms with van der Waals surface area (Å²) in [5.41, 5.74) is 15.4. The standard InChI is InChI=1S/C16H34N4O2/c1-2-3-4-5-6-7-8-9-11-16(19,14(21)22)12-10-13-20-15(17)18/h2-13,19H2,1H3,(H,21,22)(H4,17,18,20). The summed E-state index contributed by atoms with van der Waals surface area (Å²) in [7, 11) is 0. The van der Waals surface area contributed by atoms with Crippen molar-refractivity contribution in [2.75, 3.05) is 6.54 Å². The molecule has 0 amide bonds. The minimum absolute atomic E-state index is 0.0287. The van der Waals surface area contributed by atoms with Gasteiger partial charge in [0.2, 0.25) is 0 Å². The van der Waals surface area contributed by atoms with E-state index in [1.807, 2.05) is 0 Å². The number of aliphatic imine (C=N–C) groups is 1. The zero-order valence-corrected chi connectivity index (χ0v) is 14.0. The van der Waals surface area contributed by atoms with Gasteiger partial charge in [-0.1, -0.05) is 58.3 Å². The number of aliphatic carboxylic acids is 1. The molecular weight excluding hydrogens is 280 g/mol. The molecule has 0 aromatic carbocycles. The molecule has 0 saturated heterocycles. The lowest BCUT2D eigenvalue weighted by Gasteiger charge is -2.24. The van der Waals surface area contributed by atoms with Crippen LogP contribution in [0.4, 0.5) is 0 Å². The lowest BCUT2D eigenvalue weighted by atomic mass is 9.88. The minimum Gasteiger partial charge on any atom is -0.480 e. The van der Waals surface area contributed by atoms with E-state index in [1.54, 1.807) is 0 Å². The van der Waals surface area contributed by atoms with Crippen LogP contribution in [0.5, 0.6) is 0 Å². The van der Waals surface area contributed by atoms with Crippen molar-refractivity contribution in [1.82, 2.24) is 0 Å². The summed E-state index contributed by atoms with van der Waals surface area (Å²) >= 11 is 0. The van der Waals surface area contributed by atoms with Crippen LogP contribution in [0.25, 0.3) is 0 Å². The van der Waals surface area contributed by atoms with Crippen LogP contribution in [0.3, 0.4) is 0 Å². The van der Waals surface area contributed by atoms with Gasteiger partial charge in [-0.25, -0.2) is 0 Å². The highest BCUT2D eigenvalue weighted by Crippen LogP contribution is 2.20. The molecule has 6 nitrogen and oxygen atoms in total. The van der Waals surface area contributed by atoms with Crippen LogP contribution in [0.2, 0.25) is 0 Å². The second-order valence-corrected chi connectivity index (χ2v) is 6.10. The van der Waals surface area contributed by atoms with Gasteiger partial charge in [-0.15, -0.1) is 0 Å². The van der Waals surface area contributed by atoms with Gasteiger partial charge in [-0.2, -0.15) is 0 Å². The van der Waals surface area contributed by atoms with Gasteiger partial charge in [-0.05, 0) is 19.3 Å². The van der Waals surface area contributed by atoms with Crippen LogP contribution in [-0.2, 0) is 4.79 Å². The van der Waals surface area contributed by atoms with Crippen LogP contribution in [0.15, 0.2) is 4.99 Å². The van der Waals surface area contributed by atoms with E-state index in [9.17, 15) is 9.90 Å². The third-order valence-electron chi connectivity index (χ3n) is 3.98. The number of rotatable bonds is 14. The van der Waals surface area contributed by atoms with Crippen LogP contribution in [0, 0.1) is 0 Å². The Morgan fingerprint density at radius 3 is 1.95 bits per heavy atom. The second kappa shape index (κ2) is 12.3. The summed E-state index contributed by atoms with van der Waals surface area (Å²) in [6.07, 6.45) is 10.9. The molecule has 7 N–H and O–H groups in total. The fourth-order valence-electron chi connectivity index (χ4n) is 2.52. The average Bonchev–Trinajstić information content (AvgIpc) is 2.46. The lowest BCUT2D eigenvalue weighted by molar-refractivity contribution is -0.144. The molecule has 0 aromatic heterocycles. The van der Waals surface area contributed by atoms with Crippen molar-refractivity contribution in [3.05, 3.63) is 0 Å². The molecule has 0 aliphatic carbocycles. The molecule has 0 bridgehead atoms. The van der Waals surface area contributed by atoms with Gasteiger partial charge < -0.3 is 22.3 Å². The molecule has 1 unspecified atom stereocenters. The number of guanidine groups is 1. The number of unbranched alkanes of at least 4 members (excludes halogenated alkanes) is 7. The summed E-state index contributed by atoms with van der Waals surface area (Å²) in [6, 6.07) is 0. The van der Waals surface area contributed by atoms with Crippen molar-refractivity contribution < 1.29 is 9.90 Å². The first kappa shape index (κ1) is 20.7. The number of carboxylic acids is 1. The molecule has 6 heteroatoms. The lowest BCUT2D eigenvalue weighted by Crippen LogP contribution is -2.48. The normalized spacial score (nSPS) is 13.5. The van der Waals surface area contributed by atoms with Crippen molar-refractivity contribution in [3.63, 3.8) is 0 Å². The van der Waals surface area contributed by atoms with Crippen LogP contribution in [0.1, 0.15) is 77.6 Å².